The first kappa shape index (κ1) is 23.5. The summed E-state index contributed by atoms with van der Waals surface area (Å²) in [6.45, 7) is 0.0659. The zero-order valence-electron chi connectivity index (χ0n) is 17.2. The largest absolute Gasteiger partial charge is 0.445 e. The van der Waals surface area contributed by atoms with Crippen molar-refractivity contribution in [1.82, 2.24) is 15.4 Å². The zero-order chi connectivity index (χ0) is 22.8. The maximum absolute atomic E-state index is 12.1. The molecule has 0 spiro atoms. The predicted molar refractivity (Wildman–Crippen MR) is 115 cm³/mol. The van der Waals surface area contributed by atoms with Crippen LogP contribution in [0.4, 0.5) is 9.59 Å². The molecule has 32 heavy (non-hydrogen) atoms. The Morgan fingerprint density at radius 3 is 2.09 bits per heavy atom. The van der Waals surface area contributed by atoms with Crippen LogP contribution in [0.15, 0.2) is 60.7 Å². The number of carbonyl (C=O) groups excluding carboxylic acids is 2. The molecule has 3 rings (SSSR count). The molecule has 2 aromatic rings. The minimum absolute atomic E-state index is 0.0749. The van der Waals surface area contributed by atoms with Crippen molar-refractivity contribution >= 4 is 22.5 Å². The predicted octanol–water partition coefficient (Wildman–Crippen LogP) is 1.83. The van der Waals surface area contributed by atoms with Gasteiger partial charge in [-0.05, 0) is 17.5 Å². The average molecular weight is 464 g/mol. The van der Waals surface area contributed by atoms with Crippen LogP contribution in [-0.4, -0.2) is 45.8 Å². The molecule has 1 heterocycles. The van der Waals surface area contributed by atoms with Crippen LogP contribution in [0.1, 0.15) is 17.5 Å². The highest BCUT2D eigenvalue weighted by Gasteiger charge is 2.34. The molecule has 1 unspecified atom stereocenters. The molecule has 2 amide bonds. The third-order valence-electron chi connectivity index (χ3n) is 4.64. The second-order valence-corrected chi connectivity index (χ2v) is 8.43. The number of alkyl carbamates (subject to hydrolysis) is 2. The van der Waals surface area contributed by atoms with Gasteiger partial charge in [0.05, 0.1) is 12.6 Å². The van der Waals surface area contributed by atoms with Gasteiger partial charge in [0.1, 0.15) is 13.2 Å². The third-order valence-corrected chi connectivity index (χ3v) is 5.68. The van der Waals surface area contributed by atoms with Crippen LogP contribution >= 0.6 is 0 Å². The van der Waals surface area contributed by atoms with Gasteiger partial charge in [0.2, 0.25) is 0 Å². The van der Waals surface area contributed by atoms with E-state index in [0.717, 1.165) is 11.1 Å². The Labute approximate surface area is 186 Å². The first-order valence-electron chi connectivity index (χ1n) is 10.00. The molecule has 0 aromatic heterocycles. The first-order chi connectivity index (χ1) is 15.4. The SMILES string of the molecule is O=C(NCC[C@@H]1NS(=O)(=O)OCC1NC(=O)OCc1ccccc1)OCc1ccccc1. The number of carbonyl (C=O) groups is 2. The van der Waals surface area contributed by atoms with Crippen LogP contribution in [0.25, 0.3) is 0 Å². The van der Waals surface area contributed by atoms with Crippen LogP contribution < -0.4 is 15.4 Å². The van der Waals surface area contributed by atoms with Crippen molar-refractivity contribution in [1.29, 1.82) is 0 Å². The van der Waals surface area contributed by atoms with Gasteiger partial charge in [-0.3, -0.25) is 4.18 Å². The summed E-state index contributed by atoms with van der Waals surface area (Å²) in [5, 5.41) is 5.17. The van der Waals surface area contributed by atoms with Crippen molar-refractivity contribution in [3.05, 3.63) is 71.8 Å². The van der Waals surface area contributed by atoms with E-state index in [2.05, 4.69) is 15.4 Å². The van der Waals surface area contributed by atoms with E-state index >= 15 is 0 Å². The molecule has 0 saturated carbocycles. The number of rotatable bonds is 8. The Kier molecular flexibility index (Phi) is 8.42. The lowest BCUT2D eigenvalue weighted by molar-refractivity contribution is 0.121. The number of benzene rings is 2. The first-order valence-corrected chi connectivity index (χ1v) is 11.4. The van der Waals surface area contributed by atoms with Crippen LogP contribution in [0, 0.1) is 0 Å². The maximum Gasteiger partial charge on any atom is 0.407 e. The van der Waals surface area contributed by atoms with Gasteiger partial charge < -0.3 is 20.1 Å². The number of nitrogens with one attached hydrogen (secondary N) is 3. The smallest absolute Gasteiger partial charge is 0.407 e. The van der Waals surface area contributed by atoms with Crippen LogP contribution in [0.3, 0.4) is 0 Å². The summed E-state index contributed by atoms with van der Waals surface area (Å²) < 4.78 is 40.9. The molecule has 172 valence electrons. The molecule has 2 atom stereocenters. The summed E-state index contributed by atoms with van der Waals surface area (Å²) in [5.74, 6) is 0. The number of amides is 2. The Morgan fingerprint density at radius 2 is 1.50 bits per heavy atom. The average Bonchev–Trinajstić information content (AvgIpc) is 2.79. The van der Waals surface area contributed by atoms with Crippen molar-refractivity contribution in [2.75, 3.05) is 13.2 Å². The second kappa shape index (κ2) is 11.5. The second-order valence-electron chi connectivity index (χ2n) is 7.05. The molecule has 10 nitrogen and oxygen atoms in total. The van der Waals surface area contributed by atoms with Gasteiger partial charge in [-0.15, -0.1) is 0 Å². The number of ether oxygens (including phenoxy) is 2. The van der Waals surface area contributed by atoms with Gasteiger partial charge in [0.25, 0.3) is 0 Å². The zero-order valence-corrected chi connectivity index (χ0v) is 18.0. The minimum atomic E-state index is -3.94. The van der Waals surface area contributed by atoms with E-state index in [0.29, 0.717) is 0 Å². The van der Waals surface area contributed by atoms with Crippen molar-refractivity contribution in [3.63, 3.8) is 0 Å². The summed E-state index contributed by atoms with van der Waals surface area (Å²) in [6.07, 6.45) is -1.13. The Morgan fingerprint density at radius 1 is 0.938 bits per heavy atom. The van der Waals surface area contributed by atoms with E-state index in [-0.39, 0.29) is 32.8 Å². The molecule has 2 aromatic carbocycles. The van der Waals surface area contributed by atoms with Gasteiger partial charge in [0, 0.05) is 12.6 Å². The summed E-state index contributed by atoms with van der Waals surface area (Å²) in [4.78, 5) is 24.0. The number of hydrogen-bond donors (Lipinski definition) is 3. The van der Waals surface area contributed by atoms with Crippen LogP contribution in [-0.2, 0) is 37.2 Å². The quantitative estimate of drug-likeness (QED) is 0.544. The lowest BCUT2D eigenvalue weighted by atomic mass is 10.1. The Bertz CT molecular complexity index is 987. The Hall–Kier alpha value is -3.15. The van der Waals surface area contributed by atoms with Gasteiger partial charge in [0.15, 0.2) is 0 Å². The topological polar surface area (TPSA) is 132 Å². The maximum atomic E-state index is 12.1. The van der Waals surface area contributed by atoms with Gasteiger partial charge in [-0.25, -0.2) is 9.59 Å². The molecule has 1 aliphatic heterocycles. The molecule has 1 aliphatic rings. The molecule has 3 N–H and O–H groups in total. The van der Waals surface area contributed by atoms with Crippen molar-refractivity contribution in [2.24, 2.45) is 0 Å². The van der Waals surface area contributed by atoms with Gasteiger partial charge in [-0.1, -0.05) is 60.7 Å². The highest BCUT2D eigenvalue weighted by molar-refractivity contribution is 7.84. The fourth-order valence-corrected chi connectivity index (χ4v) is 4.05. The van der Waals surface area contributed by atoms with E-state index in [1.165, 1.54) is 0 Å². The van der Waals surface area contributed by atoms with Crippen molar-refractivity contribution in [2.45, 2.75) is 31.7 Å². The van der Waals surface area contributed by atoms with Gasteiger partial charge >= 0.3 is 22.5 Å². The molecular weight excluding hydrogens is 438 g/mol. The summed E-state index contributed by atoms with van der Waals surface area (Å²) in [7, 11) is -3.94. The van der Waals surface area contributed by atoms with Crippen LogP contribution in [0.5, 0.6) is 0 Å². The molecule has 0 bridgehead atoms. The highest BCUT2D eigenvalue weighted by Crippen LogP contribution is 2.11. The van der Waals surface area contributed by atoms with E-state index in [1.54, 1.807) is 0 Å². The lowest BCUT2D eigenvalue weighted by Crippen LogP contribution is -2.59. The standard InChI is InChI=1S/C21H25N3O7S/c25-20(29-13-16-7-3-1-4-8-16)22-12-11-18-19(15-31-32(27,28)24-18)23-21(26)30-14-17-9-5-2-6-10-17/h1-10,18-19,24H,11-15H2,(H,22,25)(H,23,26)/t18-,19?/m0/s1. The molecule has 0 aliphatic carbocycles. The summed E-state index contributed by atoms with van der Waals surface area (Å²) in [6, 6.07) is 17.0. The lowest BCUT2D eigenvalue weighted by Gasteiger charge is -2.32. The summed E-state index contributed by atoms with van der Waals surface area (Å²) >= 11 is 0. The minimum Gasteiger partial charge on any atom is -0.445 e. The fourth-order valence-electron chi connectivity index (χ4n) is 3.00. The molecule has 1 fully saturated rings. The van der Waals surface area contributed by atoms with Crippen LogP contribution in [0.2, 0.25) is 0 Å². The molecule has 0 radical (unpaired) electrons. The fraction of sp³-hybridized carbons (Fsp3) is 0.333. The van der Waals surface area contributed by atoms with E-state index in [9.17, 15) is 18.0 Å². The van der Waals surface area contributed by atoms with E-state index in [1.807, 2.05) is 60.7 Å². The monoisotopic (exact) mass is 463 g/mol. The van der Waals surface area contributed by atoms with Gasteiger partial charge in [-0.2, -0.15) is 13.1 Å². The molecule has 1 saturated heterocycles. The molecule has 11 heteroatoms. The third kappa shape index (κ3) is 7.84. The molecular formula is C21H25N3O7S. The van der Waals surface area contributed by atoms with E-state index in [4.69, 9.17) is 13.7 Å². The highest BCUT2D eigenvalue weighted by atomic mass is 32.2. The normalized spacial score (nSPS) is 19.5. The van der Waals surface area contributed by atoms with Crippen molar-refractivity contribution < 1.29 is 31.7 Å². The van der Waals surface area contributed by atoms with E-state index < -0.39 is 34.6 Å². The summed E-state index contributed by atoms with van der Waals surface area (Å²) in [5.41, 5.74) is 1.66. The Balaban J connectivity index is 1.44. The number of hydrogen-bond acceptors (Lipinski definition) is 7. The van der Waals surface area contributed by atoms with Crippen molar-refractivity contribution in [3.8, 4) is 0 Å².